The zero-order chi connectivity index (χ0) is 27.7. The van der Waals surface area contributed by atoms with Crippen LogP contribution in [0.4, 0.5) is 13.2 Å². The minimum atomic E-state index is -4.43. The smallest absolute Gasteiger partial charge is 0.416 e. The third kappa shape index (κ3) is 5.87. The summed E-state index contributed by atoms with van der Waals surface area (Å²) in [6.07, 6.45) is 4.13. The van der Waals surface area contributed by atoms with Gasteiger partial charge >= 0.3 is 6.18 Å². The SMILES string of the molecule is COc1cccc(C23CCN(CC4CC4)CC2(OC)CCC(NC(=O)/C=C/c2cccc(C(F)(F)F)c2)C3)c1. The van der Waals surface area contributed by atoms with Crippen LogP contribution in [0.15, 0.2) is 54.6 Å². The lowest BCUT2D eigenvalue weighted by molar-refractivity contribution is -0.150. The van der Waals surface area contributed by atoms with Gasteiger partial charge in [0.05, 0.1) is 18.3 Å². The Labute approximate surface area is 228 Å². The summed E-state index contributed by atoms with van der Waals surface area (Å²) in [6.45, 7) is 2.93. The first-order valence-electron chi connectivity index (χ1n) is 13.7. The first-order chi connectivity index (χ1) is 18.7. The summed E-state index contributed by atoms with van der Waals surface area (Å²) in [5.74, 6) is 1.28. The minimum absolute atomic E-state index is 0.0897. The summed E-state index contributed by atoms with van der Waals surface area (Å²) in [7, 11) is 3.48. The molecule has 1 heterocycles. The third-order valence-electron chi connectivity index (χ3n) is 8.91. The van der Waals surface area contributed by atoms with E-state index in [4.69, 9.17) is 9.47 Å². The van der Waals surface area contributed by atoms with E-state index >= 15 is 0 Å². The van der Waals surface area contributed by atoms with E-state index in [1.165, 1.54) is 31.1 Å². The van der Waals surface area contributed by atoms with Gasteiger partial charge in [0.2, 0.25) is 5.91 Å². The van der Waals surface area contributed by atoms with Gasteiger partial charge < -0.3 is 19.7 Å². The quantitative estimate of drug-likeness (QED) is 0.426. The second kappa shape index (κ2) is 11.0. The molecule has 0 radical (unpaired) electrons. The fourth-order valence-corrected chi connectivity index (χ4v) is 6.70. The van der Waals surface area contributed by atoms with E-state index in [9.17, 15) is 18.0 Å². The van der Waals surface area contributed by atoms with Crippen molar-refractivity contribution in [2.45, 2.75) is 61.8 Å². The van der Waals surface area contributed by atoms with Crippen molar-refractivity contribution in [1.29, 1.82) is 0 Å². The molecule has 2 saturated carbocycles. The van der Waals surface area contributed by atoms with Crippen molar-refractivity contribution in [2.75, 3.05) is 33.9 Å². The van der Waals surface area contributed by atoms with Crippen LogP contribution in [0.2, 0.25) is 0 Å². The van der Waals surface area contributed by atoms with Crippen molar-refractivity contribution in [3.63, 3.8) is 0 Å². The molecule has 2 aromatic rings. The lowest BCUT2D eigenvalue weighted by atomic mass is 9.55. The van der Waals surface area contributed by atoms with Crippen LogP contribution in [0.5, 0.6) is 5.75 Å². The van der Waals surface area contributed by atoms with E-state index in [-0.39, 0.29) is 23.0 Å². The number of hydrogen-bond acceptors (Lipinski definition) is 4. The Balaban J connectivity index is 1.36. The predicted molar refractivity (Wildman–Crippen MR) is 144 cm³/mol. The van der Waals surface area contributed by atoms with Gasteiger partial charge in [-0.3, -0.25) is 4.79 Å². The van der Waals surface area contributed by atoms with E-state index in [1.807, 2.05) is 19.2 Å². The molecule has 1 saturated heterocycles. The molecule has 3 aliphatic rings. The van der Waals surface area contributed by atoms with Gasteiger partial charge in [-0.2, -0.15) is 13.2 Å². The molecule has 3 atom stereocenters. The topological polar surface area (TPSA) is 50.8 Å². The number of methoxy groups -OCH3 is 2. The zero-order valence-corrected chi connectivity index (χ0v) is 22.6. The Bertz CT molecular complexity index is 1210. The van der Waals surface area contributed by atoms with Crippen LogP contribution >= 0.6 is 0 Å². The Hall–Kier alpha value is -2.84. The molecule has 0 aromatic heterocycles. The van der Waals surface area contributed by atoms with Gasteiger partial charge in [-0.1, -0.05) is 24.3 Å². The molecule has 3 unspecified atom stereocenters. The standard InChI is InChI=1S/C31H37F3N2O3/c1-38-27-8-4-6-24(18-27)29-15-16-36(20-23-9-10-23)21-30(29,39-2)14-13-26(19-29)35-28(37)12-11-22-5-3-7-25(17-22)31(32,33)34/h3-8,11-12,17-18,23,26H,9-10,13-16,19-21H2,1-2H3,(H,35,37)/b12-11+. The number of alkyl halides is 3. The number of fused-ring (bicyclic) bond motifs is 1. The molecule has 0 bridgehead atoms. The van der Waals surface area contributed by atoms with Gasteiger partial charge in [-0.15, -0.1) is 0 Å². The summed E-state index contributed by atoms with van der Waals surface area (Å²) in [5.41, 5.74) is 0.0615. The van der Waals surface area contributed by atoms with Gasteiger partial charge in [0.15, 0.2) is 0 Å². The second-order valence-electron chi connectivity index (χ2n) is 11.3. The van der Waals surface area contributed by atoms with Gasteiger partial charge in [0.25, 0.3) is 0 Å². The first kappa shape index (κ1) is 27.7. The van der Waals surface area contributed by atoms with Crippen molar-refractivity contribution in [2.24, 2.45) is 5.92 Å². The molecule has 8 heteroatoms. The summed E-state index contributed by atoms with van der Waals surface area (Å²) in [5, 5.41) is 3.14. The highest BCUT2D eigenvalue weighted by Crippen LogP contribution is 2.54. The second-order valence-corrected chi connectivity index (χ2v) is 11.3. The Kier molecular flexibility index (Phi) is 7.80. The molecule has 2 aliphatic carbocycles. The lowest BCUT2D eigenvalue weighted by Crippen LogP contribution is -2.68. The van der Waals surface area contributed by atoms with Crippen LogP contribution in [0.3, 0.4) is 0 Å². The first-order valence-corrected chi connectivity index (χ1v) is 13.7. The highest BCUT2D eigenvalue weighted by molar-refractivity contribution is 5.92. The van der Waals surface area contributed by atoms with Crippen molar-refractivity contribution < 1.29 is 27.4 Å². The Morgan fingerprint density at radius 2 is 1.90 bits per heavy atom. The van der Waals surface area contributed by atoms with Crippen LogP contribution < -0.4 is 10.1 Å². The zero-order valence-electron chi connectivity index (χ0n) is 22.6. The molecule has 0 spiro atoms. The van der Waals surface area contributed by atoms with Gasteiger partial charge in [-0.05, 0) is 92.5 Å². The third-order valence-corrected chi connectivity index (χ3v) is 8.91. The number of nitrogens with one attached hydrogen (secondary N) is 1. The van der Waals surface area contributed by atoms with Gasteiger partial charge in [0.1, 0.15) is 5.75 Å². The Morgan fingerprint density at radius 1 is 1.10 bits per heavy atom. The lowest BCUT2D eigenvalue weighted by Gasteiger charge is -2.60. The number of carbonyl (C=O) groups excluding carboxylic acids is 1. The average molecular weight is 543 g/mol. The van der Waals surface area contributed by atoms with E-state index in [1.54, 1.807) is 13.2 Å². The van der Waals surface area contributed by atoms with Crippen molar-refractivity contribution in [3.05, 3.63) is 71.3 Å². The number of ether oxygens (including phenoxy) is 2. The number of rotatable bonds is 8. The van der Waals surface area contributed by atoms with Crippen LogP contribution in [-0.4, -0.2) is 56.3 Å². The van der Waals surface area contributed by atoms with Gasteiger partial charge in [0, 0.05) is 37.7 Å². The van der Waals surface area contributed by atoms with E-state index in [0.29, 0.717) is 12.0 Å². The summed E-state index contributed by atoms with van der Waals surface area (Å²) >= 11 is 0. The number of likely N-dealkylation sites (tertiary alicyclic amines) is 1. The number of piperidine rings is 1. The molecular formula is C31H37F3N2O3. The van der Waals surface area contributed by atoms with Crippen LogP contribution in [0.25, 0.3) is 6.08 Å². The molecule has 3 fully saturated rings. The number of amides is 1. The fraction of sp³-hybridized carbons (Fsp3) is 0.516. The summed E-state index contributed by atoms with van der Waals surface area (Å²) in [4.78, 5) is 15.5. The molecular weight excluding hydrogens is 505 g/mol. The van der Waals surface area contributed by atoms with Crippen molar-refractivity contribution in [1.82, 2.24) is 10.2 Å². The monoisotopic (exact) mass is 542 g/mol. The summed E-state index contributed by atoms with van der Waals surface area (Å²) < 4.78 is 51.2. The highest BCUT2D eigenvalue weighted by atomic mass is 19.4. The maximum atomic E-state index is 13.1. The number of benzene rings is 2. The van der Waals surface area contributed by atoms with Crippen molar-refractivity contribution >= 4 is 12.0 Å². The molecule has 1 aliphatic heterocycles. The Morgan fingerprint density at radius 3 is 2.62 bits per heavy atom. The number of nitrogens with zero attached hydrogens (tertiary/aromatic N) is 1. The molecule has 210 valence electrons. The minimum Gasteiger partial charge on any atom is -0.497 e. The summed E-state index contributed by atoms with van der Waals surface area (Å²) in [6, 6.07) is 13.1. The number of carbonyl (C=O) groups is 1. The van der Waals surface area contributed by atoms with E-state index < -0.39 is 11.7 Å². The molecule has 1 amide bonds. The molecule has 5 nitrogen and oxygen atoms in total. The average Bonchev–Trinajstić information content (AvgIpc) is 3.75. The predicted octanol–water partition coefficient (Wildman–Crippen LogP) is 5.83. The largest absolute Gasteiger partial charge is 0.497 e. The van der Waals surface area contributed by atoms with Gasteiger partial charge in [-0.25, -0.2) is 0 Å². The number of halogens is 3. The molecule has 5 rings (SSSR count). The number of hydrogen-bond donors (Lipinski definition) is 1. The van der Waals surface area contributed by atoms with Crippen LogP contribution in [-0.2, 0) is 21.1 Å². The van der Waals surface area contributed by atoms with Crippen LogP contribution in [0, 0.1) is 5.92 Å². The maximum Gasteiger partial charge on any atom is 0.416 e. The van der Waals surface area contributed by atoms with Crippen LogP contribution in [0.1, 0.15) is 55.2 Å². The van der Waals surface area contributed by atoms with E-state index in [2.05, 4.69) is 22.3 Å². The fourth-order valence-electron chi connectivity index (χ4n) is 6.70. The molecule has 2 aromatic carbocycles. The van der Waals surface area contributed by atoms with E-state index in [0.717, 1.165) is 68.3 Å². The highest BCUT2D eigenvalue weighted by Gasteiger charge is 2.59. The molecule has 1 N–H and O–H groups in total. The maximum absolute atomic E-state index is 13.1. The molecule has 39 heavy (non-hydrogen) atoms. The normalized spacial score (nSPS) is 27.8. The van der Waals surface area contributed by atoms with Crippen molar-refractivity contribution in [3.8, 4) is 5.75 Å².